The van der Waals surface area contributed by atoms with E-state index in [4.69, 9.17) is 4.74 Å². The molecule has 0 aliphatic carbocycles. The molecule has 0 saturated carbocycles. The standard InChI is InChI=1S/C13H11IN4O4/c14-12-4-3-9(18(20)21)6-11(12)13(19)17-16-8-22-10-2-1-5-15-7-10/h1-7,16H,8H2,(H,17,19). The second kappa shape index (κ2) is 7.66. The molecule has 0 radical (unpaired) electrons. The van der Waals surface area contributed by atoms with Gasteiger partial charge in [0, 0.05) is 21.9 Å². The van der Waals surface area contributed by atoms with E-state index in [0.29, 0.717) is 9.32 Å². The van der Waals surface area contributed by atoms with Gasteiger partial charge < -0.3 is 4.74 Å². The smallest absolute Gasteiger partial charge is 0.270 e. The number of non-ortho nitro benzene ring substituents is 1. The fourth-order valence-electron chi connectivity index (χ4n) is 1.54. The van der Waals surface area contributed by atoms with Crippen LogP contribution in [0.15, 0.2) is 42.7 Å². The van der Waals surface area contributed by atoms with Crippen molar-refractivity contribution in [3.05, 3.63) is 62.0 Å². The summed E-state index contributed by atoms with van der Waals surface area (Å²) >= 11 is 1.94. The summed E-state index contributed by atoms with van der Waals surface area (Å²) in [7, 11) is 0. The Balaban J connectivity index is 1.89. The van der Waals surface area contributed by atoms with Crippen molar-refractivity contribution < 1.29 is 14.5 Å². The highest BCUT2D eigenvalue weighted by molar-refractivity contribution is 14.1. The number of aromatic nitrogens is 1. The number of hydrogen-bond donors (Lipinski definition) is 2. The van der Waals surface area contributed by atoms with Crippen molar-refractivity contribution >= 4 is 34.2 Å². The van der Waals surface area contributed by atoms with Gasteiger partial charge in [0.05, 0.1) is 16.7 Å². The number of halogens is 1. The molecule has 114 valence electrons. The number of hydrazine groups is 1. The predicted octanol–water partition coefficient (Wildman–Crippen LogP) is 1.87. The summed E-state index contributed by atoms with van der Waals surface area (Å²) < 4.78 is 5.89. The van der Waals surface area contributed by atoms with Crippen molar-refractivity contribution in [3.8, 4) is 5.75 Å². The zero-order valence-corrected chi connectivity index (χ0v) is 13.3. The van der Waals surface area contributed by atoms with Gasteiger partial charge in [-0.2, -0.15) is 5.43 Å². The average Bonchev–Trinajstić information content (AvgIpc) is 2.52. The maximum Gasteiger partial charge on any atom is 0.270 e. The normalized spacial score (nSPS) is 10.0. The van der Waals surface area contributed by atoms with Crippen molar-refractivity contribution in [2.45, 2.75) is 0 Å². The van der Waals surface area contributed by atoms with E-state index in [0.717, 1.165) is 0 Å². The number of hydrogen-bond acceptors (Lipinski definition) is 6. The van der Waals surface area contributed by atoms with Crippen LogP contribution in [0.25, 0.3) is 0 Å². The Morgan fingerprint density at radius 2 is 2.23 bits per heavy atom. The Kier molecular flexibility index (Phi) is 5.61. The highest BCUT2D eigenvalue weighted by atomic mass is 127. The Bertz CT molecular complexity index is 681. The fourth-order valence-corrected chi connectivity index (χ4v) is 2.12. The van der Waals surface area contributed by atoms with Crippen molar-refractivity contribution in [2.24, 2.45) is 0 Å². The number of benzene rings is 1. The third kappa shape index (κ3) is 4.36. The molecule has 2 rings (SSSR count). The lowest BCUT2D eigenvalue weighted by Gasteiger charge is -2.09. The monoisotopic (exact) mass is 414 g/mol. The molecule has 22 heavy (non-hydrogen) atoms. The number of carbonyl (C=O) groups excluding carboxylic acids is 1. The number of nitro benzene ring substituents is 1. The van der Waals surface area contributed by atoms with Gasteiger partial charge in [-0.05, 0) is 40.8 Å². The van der Waals surface area contributed by atoms with Gasteiger partial charge in [0.1, 0.15) is 5.75 Å². The molecule has 0 fully saturated rings. The Labute approximate surface area is 139 Å². The number of amides is 1. The molecular weight excluding hydrogens is 403 g/mol. The molecule has 0 unspecified atom stereocenters. The molecule has 0 atom stereocenters. The summed E-state index contributed by atoms with van der Waals surface area (Å²) in [5.41, 5.74) is 5.07. The van der Waals surface area contributed by atoms with Gasteiger partial charge in [-0.1, -0.05) is 0 Å². The minimum absolute atomic E-state index is 0.0307. The molecule has 2 aromatic rings. The van der Waals surface area contributed by atoms with Crippen molar-refractivity contribution in [1.82, 2.24) is 15.8 Å². The summed E-state index contributed by atoms with van der Waals surface area (Å²) in [6.45, 7) is 0.0307. The van der Waals surface area contributed by atoms with Crippen LogP contribution in [-0.2, 0) is 0 Å². The SMILES string of the molecule is O=C(NNCOc1cccnc1)c1cc([N+](=O)[O-])ccc1I. The van der Waals surface area contributed by atoms with Gasteiger partial charge in [0.25, 0.3) is 11.6 Å². The van der Waals surface area contributed by atoms with E-state index in [1.807, 2.05) is 22.6 Å². The zero-order valence-electron chi connectivity index (χ0n) is 11.2. The first-order chi connectivity index (χ1) is 10.6. The van der Waals surface area contributed by atoms with Crippen LogP contribution < -0.4 is 15.6 Å². The van der Waals surface area contributed by atoms with E-state index in [1.165, 1.54) is 24.4 Å². The fraction of sp³-hybridized carbons (Fsp3) is 0.0769. The molecule has 1 heterocycles. The maximum atomic E-state index is 12.0. The van der Waals surface area contributed by atoms with E-state index in [1.54, 1.807) is 18.3 Å². The maximum absolute atomic E-state index is 12.0. The molecule has 8 nitrogen and oxygen atoms in total. The molecule has 9 heteroatoms. The van der Waals surface area contributed by atoms with Crippen LogP contribution in [-0.4, -0.2) is 22.5 Å². The first-order valence-corrected chi connectivity index (χ1v) is 7.16. The van der Waals surface area contributed by atoms with E-state index in [9.17, 15) is 14.9 Å². The first kappa shape index (κ1) is 16.1. The molecule has 2 N–H and O–H groups in total. The van der Waals surface area contributed by atoms with Crippen LogP contribution in [0.4, 0.5) is 5.69 Å². The van der Waals surface area contributed by atoms with Crippen molar-refractivity contribution in [2.75, 3.05) is 6.73 Å². The second-order valence-corrected chi connectivity index (χ2v) is 5.19. The molecule has 0 aliphatic heterocycles. The number of nitrogens with one attached hydrogen (secondary N) is 2. The molecule has 0 saturated heterocycles. The van der Waals surface area contributed by atoms with Gasteiger partial charge >= 0.3 is 0 Å². The van der Waals surface area contributed by atoms with E-state index >= 15 is 0 Å². The summed E-state index contributed by atoms with van der Waals surface area (Å²) in [5.74, 6) is 0.0667. The molecule has 0 spiro atoms. The summed E-state index contributed by atoms with van der Waals surface area (Å²) in [6.07, 6.45) is 3.15. The van der Waals surface area contributed by atoms with Gasteiger partial charge in [0.2, 0.25) is 0 Å². The quantitative estimate of drug-likeness (QED) is 0.246. The van der Waals surface area contributed by atoms with Crippen LogP contribution in [0, 0.1) is 13.7 Å². The van der Waals surface area contributed by atoms with Crippen LogP contribution in [0.2, 0.25) is 0 Å². The number of nitro groups is 1. The highest BCUT2D eigenvalue weighted by Gasteiger charge is 2.15. The number of ether oxygens (including phenoxy) is 1. The third-order valence-corrected chi connectivity index (χ3v) is 3.49. The molecular formula is C13H11IN4O4. The topological polar surface area (TPSA) is 106 Å². The lowest BCUT2D eigenvalue weighted by atomic mass is 10.2. The molecule has 0 bridgehead atoms. The van der Waals surface area contributed by atoms with Crippen molar-refractivity contribution in [3.63, 3.8) is 0 Å². The second-order valence-electron chi connectivity index (χ2n) is 4.03. The number of carbonyl (C=O) groups is 1. The zero-order chi connectivity index (χ0) is 15.9. The lowest BCUT2D eigenvalue weighted by molar-refractivity contribution is -0.384. The Morgan fingerprint density at radius 1 is 1.41 bits per heavy atom. The minimum Gasteiger partial charge on any atom is -0.475 e. The summed E-state index contributed by atoms with van der Waals surface area (Å²) in [5, 5.41) is 10.7. The van der Waals surface area contributed by atoms with Gasteiger partial charge in [-0.15, -0.1) is 0 Å². The van der Waals surface area contributed by atoms with Crippen LogP contribution in [0.1, 0.15) is 10.4 Å². The summed E-state index contributed by atoms with van der Waals surface area (Å²) in [4.78, 5) is 26.0. The predicted molar refractivity (Wildman–Crippen MR) is 86.1 cm³/mol. The molecule has 1 aromatic carbocycles. The highest BCUT2D eigenvalue weighted by Crippen LogP contribution is 2.19. The van der Waals surface area contributed by atoms with Gasteiger partial charge in [-0.25, -0.2) is 0 Å². The molecule has 1 aromatic heterocycles. The van der Waals surface area contributed by atoms with Gasteiger partial charge in [-0.3, -0.25) is 25.3 Å². The number of rotatable bonds is 6. The molecule has 0 aliphatic rings. The lowest BCUT2D eigenvalue weighted by Crippen LogP contribution is -2.40. The third-order valence-electron chi connectivity index (χ3n) is 2.55. The largest absolute Gasteiger partial charge is 0.475 e. The average molecular weight is 414 g/mol. The van der Waals surface area contributed by atoms with Crippen LogP contribution in [0.3, 0.4) is 0 Å². The van der Waals surface area contributed by atoms with Gasteiger partial charge in [0.15, 0.2) is 6.73 Å². The number of pyridine rings is 1. The van der Waals surface area contributed by atoms with Crippen LogP contribution >= 0.6 is 22.6 Å². The van der Waals surface area contributed by atoms with E-state index in [-0.39, 0.29) is 18.0 Å². The number of nitrogens with zero attached hydrogens (tertiary/aromatic N) is 2. The minimum atomic E-state index is -0.550. The summed E-state index contributed by atoms with van der Waals surface area (Å²) in [6, 6.07) is 7.53. The van der Waals surface area contributed by atoms with E-state index in [2.05, 4.69) is 15.8 Å². The van der Waals surface area contributed by atoms with Crippen LogP contribution in [0.5, 0.6) is 5.75 Å². The Morgan fingerprint density at radius 3 is 2.91 bits per heavy atom. The molecule has 1 amide bonds. The Hall–Kier alpha value is -2.27. The first-order valence-electron chi connectivity index (χ1n) is 6.08. The van der Waals surface area contributed by atoms with Crippen molar-refractivity contribution in [1.29, 1.82) is 0 Å². The van der Waals surface area contributed by atoms with E-state index < -0.39 is 10.8 Å².